The number of fused-ring (bicyclic) bond motifs is 1. The van der Waals surface area contributed by atoms with Gasteiger partial charge in [-0.15, -0.1) is 0 Å². The Morgan fingerprint density at radius 3 is 2.19 bits per heavy atom. The van der Waals surface area contributed by atoms with E-state index in [0.717, 1.165) is 16.5 Å². The summed E-state index contributed by atoms with van der Waals surface area (Å²) in [6, 6.07) is 8.42. The summed E-state index contributed by atoms with van der Waals surface area (Å²) in [4.78, 5) is 41.4. The Morgan fingerprint density at radius 2 is 1.61 bits per heavy atom. The van der Waals surface area contributed by atoms with Gasteiger partial charge in [-0.25, -0.2) is 17.6 Å². The highest BCUT2D eigenvalue weighted by Gasteiger charge is 2.70. The number of rotatable bonds is 5. The van der Waals surface area contributed by atoms with Crippen LogP contribution in [0.5, 0.6) is 5.75 Å². The molecule has 0 aromatic heterocycles. The molecule has 1 aliphatic carbocycles. The first-order valence-electron chi connectivity index (χ1n) is 11.6. The van der Waals surface area contributed by atoms with Crippen molar-refractivity contribution in [1.82, 2.24) is 4.31 Å². The monoisotopic (exact) mass is 510 g/mol. The molecule has 2 bridgehead atoms. The predicted molar refractivity (Wildman–Crippen MR) is 130 cm³/mol. The standard InChI is InChI=1S/C26H26N2O7S/c1-5-35-18-8-6-17(7-9-18)27-23(29)20-19-10-11-26(32,21(20)24(27)30)25(31)28(19)36(33,34)22-15(3)12-14(2)13-16(22)4/h6-13,19-21,32H,5H2,1-4H3/t19-,20+,21-,26-/m1/s1. The molecule has 2 aromatic carbocycles. The average molecular weight is 511 g/mol. The van der Waals surface area contributed by atoms with Gasteiger partial charge in [0, 0.05) is 0 Å². The van der Waals surface area contributed by atoms with E-state index < -0.39 is 51.2 Å². The van der Waals surface area contributed by atoms with Crippen molar-refractivity contribution in [2.45, 2.75) is 44.2 Å². The quantitative estimate of drug-likeness (QED) is 0.482. The molecule has 0 spiro atoms. The normalized spacial score (nSPS) is 27.1. The van der Waals surface area contributed by atoms with Crippen LogP contribution in [0.3, 0.4) is 0 Å². The SMILES string of the molecule is CCOc1ccc(N2C(=O)[C@H]3[C@H]4C=C[C@](O)(C(=O)N4S(=O)(=O)c4c(C)cc(C)cc4C)[C@H]3C2=O)cc1. The topological polar surface area (TPSA) is 121 Å². The van der Waals surface area contributed by atoms with Crippen molar-refractivity contribution < 1.29 is 32.6 Å². The van der Waals surface area contributed by atoms with E-state index in [4.69, 9.17) is 4.74 Å². The molecule has 0 saturated carbocycles. The molecular weight excluding hydrogens is 484 g/mol. The van der Waals surface area contributed by atoms with Crippen molar-refractivity contribution in [3.05, 3.63) is 65.2 Å². The lowest BCUT2D eigenvalue weighted by Crippen LogP contribution is -2.69. The summed E-state index contributed by atoms with van der Waals surface area (Å²) < 4.78 is 33.7. The molecule has 188 valence electrons. The van der Waals surface area contributed by atoms with Crippen molar-refractivity contribution >= 4 is 33.4 Å². The van der Waals surface area contributed by atoms with Crippen molar-refractivity contribution in [2.24, 2.45) is 11.8 Å². The summed E-state index contributed by atoms with van der Waals surface area (Å²) >= 11 is 0. The Morgan fingerprint density at radius 1 is 1.00 bits per heavy atom. The van der Waals surface area contributed by atoms with E-state index in [1.807, 2.05) is 13.8 Å². The summed E-state index contributed by atoms with van der Waals surface area (Å²) in [6.45, 7) is 7.36. The molecule has 36 heavy (non-hydrogen) atoms. The lowest BCUT2D eigenvalue weighted by atomic mass is 9.68. The summed E-state index contributed by atoms with van der Waals surface area (Å²) in [5.41, 5.74) is -0.473. The zero-order valence-corrected chi connectivity index (χ0v) is 21.1. The Bertz CT molecular complexity index is 1420. The van der Waals surface area contributed by atoms with Crippen LogP contribution in [0.2, 0.25) is 0 Å². The molecule has 0 radical (unpaired) electrons. The Labute approximate surface area is 209 Å². The van der Waals surface area contributed by atoms with Crippen LogP contribution in [-0.4, -0.2) is 53.8 Å². The van der Waals surface area contributed by atoms with E-state index in [1.165, 1.54) is 18.2 Å². The largest absolute Gasteiger partial charge is 0.494 e. The molecule has 3 heterocycles. The van der Waals surface area contributed by atoms with E-state index >= 15 is 0 Å². The van der Waals surface area contributed by atoms with Crippen LogP contribution in [-0.2, 0) is 24.4 Å². The van der Waals surface area contributed by atoms with E-state index in [-0.39, 0.29) is 10.6 Å². The number of carbonyl (C=O) groups is 3. The first-order chi connectivity index (χ1) is 16.9. The number of aryl methyl sites for hydroxylation is 3. The zero-order valence-electron chi connectivity index (χ0n) is 20.3. The zero-order chi connectivity index (χ0) is 26.2. The molecule has 9 nitrogen and oxygen atoms in total. The van der Waals surface area contributed by atoms with Crippen LogP contribution in [0.25, 0.3) is 0 Å². The molecule has 3 aliphatic heterocycles. The number of aliphatic hydroxyl groups is 1. The van der Waals surface area contributed by atoms with Crippen molar-refractivity contribution in [2.75, 3.05) is 11.5 Å². The van der Waals surface area contributed by atoms with Gasteiger partial charge in [0.1, 0.15) is 5.75 Å². The van der Waals surface area contributed by atoms with Crippen LogP contribution in [0.4, 0.5) is 5.69 Å². The third-order valence-electron chi connectivity index (χ3n) is 7.08. The van der Waals surface area contributed by atoms with Gasteiger partial charge in [0.05, 0.1) is 35.1 Å². The number of nitrogens with zero attached hydrogens (tertiary/aromatic N) is 2. The number of anilines is 1. The maximum Gasteiger partial charge on any atom is 0.273 e. The van der Waals surface area contributed by atoms with E-state index in [9.17, 15) is 27.9 Å². The molecule has 0 unspecified atom stereocenters. The van der Waals surface area contributed by atoms with Gasteiger partial charge >= 0.3 is 0 Å². The second kappa shape index (κ2) is 8.01. The van der Waals surface area contributed by atoms with Gasteiger partial charge in [0.2, 0.25) is 11.8 Å². The minimum absolute atomic E-state index is 0.0531. The lowest BCUT2D eigenvalue weighted by molar-refractivity contribution is -0.164. The molecule has 2 aromatic rings. The van der Waals surface area contributed by atoms with E-state index in [1.54, 1.807) is 38.1 Å². The molecule has 1 N–H and O–H groups in total. The highest BCUT2D eigenvalue weighted by Crippen LogP contribution is 2.50. The first-order valence-corrected chi connectivity index (χ1v) is 13.1. The number of benzene rings is 2. The highest BCUT2D eigenvalue weighted by molar-refractivity contribution is 7.89. The smallest absolute Gasteiger partial charge is 0.273 e. The third kappa shape index (κ3) is 3.17. The van der Waals surface area contributed by atoms with Gasteiger partial charge in [-0.3, -0.25) is 14.4 Å². The Hall–Kier alpha value is -3.50. The van der Waals surface area contributed by atoms with Gasteiger partial charge in [-0.05, 0) is 69.2 Å². The van der Waals surface area contributed by atoms with E-state index in [0.29, 0.717) is 27.8 Å². The summed E-state index contributed by atoms with van der Waals surface area (Å²) in [5, 5.41) is 11.4. The van der Waals surface area contributed by atoms with Crippen LogP contribution < -0.4 is 9.64 Å². The molecule has 6 rings (SSSR count). The Kier molecular flexibility index (Phi) is 5.38. The minimum Gasteiger partial charge on any atom is -0.494 e. The van der Waals surface area contributed by atoms with Gasteiger partial charge in [-0.1, -0.05) is 23.8 Å². The summed E-state index contributed by atoms with van der Waals surface area (Å²) in [5.74, 6) is -4.69. The van der Waals surface area contributed by atoms with Gasteiger partial charge in [0.15, 0.2) is 5.60 Å². The molecule has 3 amide bonds. The van der Waals surface area contributed by atoms with Crippen LogP contribution >= 0.6 is 0 Å². The Balaban J connectivity index is 1.59. The van der Waals surface area contributed by atoms with Gasteiger partial charge in [-0.2, -0.15) is 0 Å². The highest BCUT2D eigenvalue weighted by atomic mass is 32.2. The lowest BCUT2D eigenvalue weighted by Gasteiger charge is -2.49. The number of amides is 3. The maximum absolute atomic E-state index is 13.8. The molecule has 4 atom stereocenters. The summed E-state index contributed by atoms with van der Waals surface area (Å²) in [7, 11) is -4.46. The molecule has 2 fully saturated rings. The number of hydrogen-bond donors (Lipinski definition) is 1. The summed E-state index contributed by atoms with van der Waals surface area (Å²) in [6.07, 6.45) is 2.49. The van der Waals surface area contributed by atoms with Crippen molar-refractivity contribution in [3.63, 3.8) is 0 Å². The minimum atomic E-state index is -4.46. The van der Waals surface area contributed by atoms with Crippen LogP contribution in [0, 0.1) is 32.6 Å². The van der Waals surface area contributed by atoms with Gasteiger partial charge < -0.3 is 9.84 Å². The van der Waals surface area contributed by atoms with Crippen molar-refractivity contribution in [1.29, 1.82) is 0 Å². The van der Waals surface area contributed by atoms with Crippen LogP contribution in [0.1, 0.15) is 23.6 Å². The number of piperidine rings is 1. The van der Waals surface area contributed by atoms with Crippen LogP contribution in [0.15, 0.2) is 53.4 Å². The fourth-order valence-electron chi connectivity index (χ4n) is 5.76. The number of hydrogen-bond acceptors (Lipinski definition) is 7. The second-order valence-corrected chi connectivity index (χ2v) is 11.2. The number of ether oxygens (including phenoxy) is 1. The first kappa shape index (κ1) is 24.2. The molecule has 2 saturated heterocycles. The van der Waals surface area contributed by atoms with Crippen molar-refractivity contribution in [3.8, 4) is 5.75 Å². The fourth-order valence-corrected chi connectivity index (χ4v) is 7.78. The van der Waals surface area contributed by atoms with E-state index in [2.05, 4.69) is 0 Å². The number of sulfonamides is 1. The maximum atomic E-state index is 13.8. The number of carbonyl (C=O) groups excluding carboxylic acids is 3. The van der Waals surface area contributed by atoms with Gasteiger partial charge in [0.25, 0.3) is 15.9 Å². The fraction of sp³-hybridized carbons (Fsp3) is 0.346. The third-order valence-corrected chi connectivity index (χ3v) is 9.17. The second-order valence-electron chi connectivity index (χ2n) is 9.45. The average Bonchev–Trinajstić information content (AvgIpc) is 3.07. The predicted octanol–water partition coefficient (Wildman–Crippen LogP) is 2.02. The molecule has 10 heteroatoms. The molecular formula is C26H26N2O7S. The number of imide groups is 1. The molecule has 4 aliphatic rings.